The molecule has 0 radical (unpaired) electrons. The van der Waals surface area contributed by atoms with Gasteiger partial charge in [0.2, 0.25) is 5.91 Å². The summed E-state index contributed by atoms with van der Waals surface area (Å²) in [5.41, 5.74) is 0.669. The Morgan fingerprint density at radius 3 is 2.41 bits per heavy atom. The van der Waals surface area contributed by atoms with Gasteiger partial charge in [0, 0.05) is 25.9 Å². The molecule has 27 heavy (non-hydrogen) atoms. The molecule has 2 aliphatic rings. The minimum atomic E-state index is -0.414. The molecular weight excluding hydrogens is 344 g/mol. The molecule has 0 aliphatic carbocycles. The number of carbonyl (C=O) groups excluding carboxylic acids is 1. The van der Waals surface area contributed by atoms with Gasteiger partial charge in [0.25, 0.3) is 0 Å². The molecule has 1 amide bonds. The second kappa shape index (κ2) is 8.08. The third-order valence-electron chi connectivity index (χ3n) is 4.93. The van der Waals surface area contributed by atoms with Crippen molar-refractivity contribution >= 4 is 11.6 Å². The van der Waals surface area contributed by atoms with E-state index in [1.807, 2.05) is 54.6 Å². The van der Waals surface area contributed by atoms with Crippen LogP contribution in [0.3, 0.4) is 0 Å². The van der Waals surface area contributed by atoms with Gasteiger partial charge in [-0.3, -0.25) is 9.69 Å². The van der Waals surface area contributed by atoms with Crippen molar-refractivity contribution < 1.29 is 19.0 Å². The summed E-state index contributed by atoms with van der Waals surface area (Å²) < 4.78 is 17.4. The van der Waals surface area contributed by atoms with Crippen LogP contribution in [-0.4, -0.2) is 49.4 Å². The summed E-state index contributed by atoms with van der Waals surface area (Å²) in [5, 5.41) is 2.97. The normalized spacial score (nSPS) is 19.1. The molecule has 6 heteroatoms. The van der Waals surface area contributed by atoms with E-state index in [1.54, 1.807) is 0 Å². The van der Waals surface area contributed by atoms with Gasteiger partial charge < -0.3 is 19.5 Å². The van der Waals surface area contributed by atoms with Gasteiger partial charge in [-0.25, -0.2) is 0 Å². The Morgan fingerprint density at radius 2 is 1.67 bits per heavy atom. The van der Waals surface area contributed by atoms with Crippen LogP contribution < -0.4 is 10.1 Å². The van der Waals surface area contributed by atoms with Crippen molar-refractivity contribution in [3.63, 3.8) is 0 Å². The van der Waals surface area contributed by atoms with Crippen molar-refractivity contribution in [3.05, 3.63) is 54.6 Å². The first-order valence-electron chi connectivity index (χ1n) is 9.35. The fourth-order valence-electron chi connectivity index (χ4n) is 3.50. The number of likely N-dealkylation sites (tertiary alicyclic amines) is 1. The molecule has 2 aliphatic heterocycles. The minimum absolute atomic E-state index is 0.0525. The smallest absolute Gasteiger partial charge is 0.238 e. The Kier molecular flexibility index (Phi) is 5.38. The van der Waals surface area contributed by atoms with Gasteiger partial charge in [0.1, 0.15) is 5.75 Å². The lowest BCUT2D eigenvalue weighted by molar-refractivity contribution is -0.185. The number of hydrogen-bond acceptors (Lipinski definition) is 5. The number of hydrogen-bond donors (Lipinski definition) is 1. The summed E-state index contributed by atoms with van der Waals surface area (Å²) in [4.78, 5) is 14.7. The molecule has 142 valence electrons. The lowest BCUT2D eigenvalue weighted by Crippen LogP contribution is -2.47. The van der Waals surface area contributed by atoms with E-state index < -0.39 is 5.79 Å². The van der Waals surface area contributed by atoms with Gasteiger partial charge in [0.05, 0.1) is 25.4 Å². The van der Waals surface area contributed by atoms with E-state index in [9.17, 15) is 4.79 Å². The highest BCUT2D eigenvalue weighted by atomic mass is 16.7. The second-order valence-corrected chi connectivity index (χ2v) is 6.84. The molecule has 6 nitrogen and oxygen atoms in total. The average Bonchev–Trinajstić information content (AvgIpc) is 3.14. The molecule has 0 aromatic heterocycles. The predicted octanol–water partition coefficient (Wildman–Crippen LogP) is 3.26. The number of rotatable bonds is 5. The zero-order chi connectivity index (χ0) is 18.5. The van der Waals surface area contributed by atoms with Crippen LogP contribution in [-0.2, 0) is 14.3 Å². The first-order valence-corrected chi connectivity index (χ1v) is 9.35. The van der Waals surface area contributed by atoms with Crippen molar-refractivity contribution in [2.24, 2.45) is 0 Å². The van der Waals surface area contributed by atoms with Crippen molar-refractivity contribution in [1.82, 2.24) is 4.90 Å². The van der Waals surface area contributed by atoms with Gasteiger partial charge in [-0.2, -0.15) is 0 Å². The maximum Gasteiger partial charge on any atom is 0.238 e. The van der Waals surface area contributed by atoms with E-state index in [0.29, 0.717) is 31.2 Å². The molecule has 2 saturated heterocycles. The fourth-order valence-corrected chi connectivity index (χ4v) is 3.50. The van der Waals surface area contributed by atoms with Crippen molar-refractivity contribution in [1.29, 1.82) is 0 Å². The number of nitrogens with one attached hydrogen (secondary N) is 1. The van der Waals surface area contributed by atoms with E-state index >= 15 is 0 Å². The monoisotopic (exact) mass is 368 g/mol. The van der Waals surface area contributed by atoms with Crippen LogP contribution in [0.25, 0.3) is 0 Å². The number of amides is 1. The number of benzene rings is 2. The number of piperidine rings is 1. The standard InChI is InChI=1S/C21H24N2O4/c24-20(16-23-12-10-21(11-13-23)25-14-15-26-21)22-18-8-4-5-9-19(18)27-17-6-2-1-3-7-17/h1-9H,10-16H2,(H,22,24). The molecule has 1 N–H and O–H groups in total. The van der Waals surface area contributed by atoms with Crippen LogP contribution in [0.1, 0.15) is 12.8 Å². The predicted molar refractivity (Wildman–Crippen MR) is 102 cm³/mol. The first-order chi connectivity index (χ1) is 13.2. The molecule has 0 bridgehead atoms. The lowest BCUT2D eigenvalue weighted by atomic mass is 10.0. The molecule has 0 atom stereocenters. The van der Waals surface area contributed by atoms with E-state index in [1.165, 1.54) is 0 Å². The molecule has 4 rings (SSSR count). The Bertz CT molecular complexity index is 765. The summed E-state index contributed by atoms with van der Waals surface area (Å²) >= 11 is 0. The molecule has 2 aromatic carbocycles. The fraction of sp³-hybridized carbons (Fsp3) is 0.381. The summed E-state index contributed by atoms with van der Waals surface area (Å²) in [5.74, 6) is 0.895. The van der Waals surface area contributed by atoms with Crippen LogP contribution in [0, 0.1) is 0 Å². The van der Waals surface area contributed by atoms with Gasteiger partial charge >= 0.3 is 0 Å². The topological polar surface area (TPSA) is 60.0 Å². The summed E-state index contributed by atoms with van der Waals surface area (Å²) in [6.07, 6.45) is 1.60. The van der Waals surface area contributed by atoms with Gasteiger partial charge in [0.15, 0.2) is 11.5 Å². The van der Waals surface area contributed by atoms with E-state index in [4.69, 9.17) is 14.2 Å². The molecule has 2 aromatic rings. The molecule has 0 unspecified atom stereocenters. The number of anilines is 1. The van der Waals surface area contributed by atoms with Crippen LogP contribution in [0.2, 0.25) is 0 Å². The van der Waals surface area contributed by atoms with E-state index in [-0.39, 0.29) is 5.91 Å². The Hall–Kier alpha value is -2.41. The van der Waals surface area contributed by atoms with Gasteiger partial charge in [-0.05, 0) is 24.3 Å². The molecule has 1 spiro atoms. The molecular formula is C21H24N2O4. The zero-order valence-corrected chi connectivity index (χ0v) is 15.2. The number of carbonyl (C=O) groups is 1. The third kappa shape index (κ3) is 4.47. The Labute approximate surface area is 159 Å². The molecule has 2 fully saturated rings. The first kappa shape index (κ1) is 18.0. The Morgan fingerprint density at radius 1 is 1.00 bits per heavy atom. The lowest BCUT2D eigenvalue weighted by Gasteiger charge is -2.37. The van der Waals surface area contributed by atoms with Gasteiger partial charge in [-0.15, -0.1) is 0 Å². The number of para-hydroxylation sites is 3. The summed E-state index contributed by atoms with van der Waals surface area (Å²) in [6.45, 7) is 3.25. The van der Waals surface area contributed by atoms with Crippen LogP contribution in [0.5, 0.6) is 11.5 Å². The molecule has 0 saturated carbocycles. The SMILES string of the molecule is O=C(CN1CCC2(CC1)OCCO2)Nc1ccccc1Oc1ccccc1. The number of nitrogens with zero attached hydrogens (tertiary/aromatic N) is 1. The highest BCUT2D eigenvalue weighted by Gasteiger charge is 2.39. The van der Waals surface area contributed by atoms with Gasteiger partial charge in [-0.1, -0.05) is 30.3 Å². The Balaban J connectivity index is 1.33. The van der Waals surface area contributed by atoms with Crippen molar-refractivity contribution in [2.45, 2.75) is 18.6 Å². The largest absolute Gasteiger partial charge is 0.455 e. The average molecular weight is 368 g/mol. The third-order valence-corrected chi connectivity index (χ3v) is 4.93. The number of ether oxygens (including phenoxy) is 3. The second-order valence-electron chi connectivity index (χ2n) is 6.84. The maximum atomic E-state index is 12.5. The highest BCUT2D eigenvalue weighted by molar-refractivity contribution is 5.93. The zero-order valence-electron chi connectivity index (χ0n) is 15.2. The molecule has 2 heterocycles. The summed E-state index contributed by atoms with van der Waals surface area (Å²) in [7, 11) is 0. The van der Waals surface area contributed by atoms with Crippen molar-refractivity contribution in [3.8, 4) is 11.5 Å². The highest BCUT2D eigenvalue weighted by Crippen LogP contribution is 2.32. The van der Waals surface area contributed by atoms with E-state index in [0.717, 1.165) is 31.7 Å². The van der Waals surface area contributed by atoms with Crippen LogP contribution in [0.4, 0.5) is 5.69 Å². The maximum absolute atomic E-state index is 12.5. The van der Waals surface area contributed by atoms with Crippen LogP contribution >= 0.6 is 0 Å². The van der Waals surface area contributed by atoms with Crippen molar-refractivity contribution in [2.75, 3.05) is 38.2 Å². The quantitative estimate of drug-likeness (QED) is 0.878. The van der Waals surface area contributed by atoms with Crippen LogP contribution in [0.15, 0.2) is 54.6 Å². The van der Waals surface area contributed by atoms with E-state index in [2.05, 4.69) is 10.2 Å². The minimum Gasteiger partial charge on any atom is -0.455 e. The summed E-state index contributed by atoms with van der Waals surface area (Å²) in [6, 6.07) is 17.0.